The van der Waals surface area contributed by atoms with Crippen molar-refractivity contribution in [3.63, 3.8) is 0 Å². The lowest BCUT2D eigenvalue weighted by molar-refractivity contribution is -0.175. The fraction of sp³-hybridized carbons (Fsp3) is 0.812. The number of ketones is 1. The fourth-order valence-electron chi connectivity index (χ4n) is 11.1. The van der Waals surface area contributed by atoms with E-state index >= 15 is 0 Å². The summed E-state index contributed by atoms with van der Waals surface area (Å²) in [7, 11) is 0. The van der Waals surface area contributed by atoms with E-state index in [-0.39, 0.29) is 23.2 Å². The molecule has 6 aliphatic rings. The van der Waals surface area contributed by atoms with Crippen LogP contribution in [0, 0.1) is 52.8 Å². The van der Waals surface area contributed by atoms with Crippen molar-refractivity contribution in [2.24, 2.45) is 52.8 Å². The van der Waals surface area contributed by atoms with Crippen LogP contribution in [0.25, 0.3) is 0 Å². The van der Waals surface area contributed by atoms with Crippen LogP contribution in [0.2, 0.25) is 0 Å². The van der Waals surface area contributed by atoms with Gasteiger partial charge >= 0.3 is 5.97 Å². The number of aliphatic hydroxyl groups is 1. The lowest BCUT2D eigenvalue weighted by Gasteiger charge is -2.59. The lowest BCUT2D eigenvalue weighted by Crippen LogP contribution is -2.67. The van der Waals surface area contributed by atoms with Gasteiger partial charge in [-0.25, -0.2) is 4.79 Å². The Morgan fingerprint density at radius 1 is 1.03 bits per heavy atom. The predicted molar refractivity (Wildman–Crippen MR) is 142 cm³/mol. The van der Waals surface area contributed by atoms with Crippen LogP contribution in [-0.4, -0.2) is 52.6 Å². The average Bonchev–Trinajstić information content (AvgIpc) is 3.54. The van der Waals surface area contributed by atoms with Crippen molar-refractivity contribution in [3.8, 4) is 0 Å². The molecule has 0 spiro atoms. The number of carbonyl (C=O) groups excluding carboxylic acids is 2. The summed E-state index contributed by atoms with van der Waals surface area (Å²) in [6.45, 7) is 9.14. The zero-order valence-electron chi connectivity index (χ0n) is 23.3. The summed E-state index contributed by atoms with van der Waals surface area (Å²) in [5.41, 5.74) is -0.625. The maximum atomic E-state index is 13.7. The van der Waals surface area contributed by atoms with Gasteiger partial charge in [0.2, 0.25) is 5.76 Å². The summed E-state index contributed by atoms with van der Waals surface area (Å²) >= 11 is 0. The number of Topliss-reactive ketones (excluding diaryl/α,β-unsaturated/α-hetero) is 1. The number of hydrogen-bond donors (Lipinski definition) is 1. The lowest BCUT2D eigenvalue weighted by atomic mass is 9.51. The molecule has 1 N–H and O–H groups in total. The SMILES string of the molecule is C[C@@H]1CC[C@H]2N(C1)C[C@H]1[C@@H]3C[C@@H]4[C@H](CC(=O)[C@@H]5C[C@@H](OC(=O)c6ccco6)CC[C@]45C)[C@H]3CC[C@H]1[C@]2(C)O. The van der Waals surface area contributed by atoms with Crippen LogP contribution in [0.4, 0.5) is 0 Å². The molecular formula is C32H45NO5. The number of fused-ring (bicyclic) bond motifs is 8. The van der Waals surface area contributed by atoms with Gasteiger partial charge in [0.1, 0.15) is 11.9 Å². The van der Waals surface area contributed by atoms with Crippen LogP contribution >= 0.6 is 0 Å². The van der Waals surface area contributed by atoms with Gasteiger partial charge in [-0.2, -0.15) is 0 Å². The van der Waals surface area contributed by atoms with E-state index in [0.717, 1.165) is 38.8 Å². The van der Waals surface area contributed by atoms with Crippen LogP contribution in [0.1, 0.15) is 89.1 Å². The van der Waals surface area contributed by atoms with Gasteiger partial charge in [0.05, 0.1) is 11.9 Å². The van der Waals surface area contributed by atoms with Gasteiger partial charge in [0.25, 0.3) is 0 Å². The van der Waals surface area contributed by atoms with E-state index in [1.165, 1.54) is 25.5 Å². The van der Waals surface area contributed by atoms with Gasteiger partial charge in [-0.1, -0.05) is 13.8 Å². The van der Waals surface area contributed by atoms with Crippen LogP contribution in [0.3, 0.4) is 0 Å². The number of rotatable bonds is 2. The monoisotopic (exact) mass is 523 g/mol. The highest BCUT2D eigenvalue weighted by molar-refractivity contribution is 5.86. The number of carbonyl (C=O) groups is 2. The molecule has 208 valence electrons. The van der Waals surface area contributed by atoms with Gasteiger partial charge in [-0.05, 0) is 117 Å². The van der Waals surface area contributed by atoms with Gasteiger partial charge in [-0.15, -0.1) is 0 Å². The Kier molecular flexibility index (Phi) is 5.94. The molecule has 4 aliphatic carbocycles. The third kappa shape index (κ3) is 3.72. The highest BCUT2D eigenvalue weighted by Crippen LogP contribution is 2.66. The molecule has 0 unspecified atom stereocenters. The van der Waals surface area contributed by atoms with Crippen molar-refractivity contribution in [3.05, 3.63) is 24.2 Å². The van der Waals surface area contributed by atoms with Crippen molar-refractivity contribution in [2.45, 2.75) is 96.3 Å². The molecule has 4 saturated carbocycles. The molecule has 7 rings (SSSR count). The summed E-state index contributed by atoms with van der Waals surface area (Å²) in [5.74, 6) is 4.10. The Labute approximate surface area is 226 Å². The fourth-order valence-corrected chi connectivity index (χ4v) is 11.1. The minimum atomic E-state index is -0.611. The molecule has 2 saturated heterocycles. The number of hydrogen-bond acceptors (Lipinski definition) is 6. The van der Waals surface area contributed by atoms with Crippen molar-refractivity contribution in [1.29, 1.82) is 0 Å². The Morgan fingerprint density at radius 2 is 1.87 bits per heavy atom. The second-order valence-electron chi connectivity index (χ2n) is 14.6. The number of nitrogens with zero attached hydrogens (tertiary/aromatic N) is 1. The van der Waals surface area contributed by atoms with Crippen LogP contribution < -0.4 is 0 Å². The van der Waals surface area contributed by atoms with E-state index in [1.807, 2.05) is 0 Å². The van der Waals surface area contributed by atoms with E-state index in [0.29, 0.717) is 66.1 Å². The Hall–Kier alpha value is -1.66. The van der Waals surface area contributed by atoms with Crippen LogP contribution in [0.15, 0.2) is 22.8 Å². The Bertz CT molecular complexity index is 1080. The molecule has 0 aromatic carbocycles. The molecule has 38 heavy (non-hydrogen) atoms. The third-order valence-corrected chi connectivity index (χ3v) is 12.8. The van der Waals surface area contributed by atoms with Crippen molar-refractivity contribution in [2.75, 3.05) is 13.1 Å². The van der Waals surface area contributed by atoms with Gasteiger partial charge in [0.15, 0.2) is 0 Å². The molecule has 6 nitrogen and oxygen atoms in total. The molecule has 1 aromatic heterocycles. The zero-order chi connectivity index (χ0) is 26.4. The van der Waals surface area contributed by atoms with Gasteiger partial charge in [-0.3, -0.25) is 9.69 Å². The van der Waals surface area contributed by atoms with Crippen molar-refractivity contribution < 1.29 is 23.8 Å². The summed E-state index contributed by atoms with van der Waals surface area (Å²) in [6.07, 6.45) is 10.2. The number of piperidine rings is 2. The topological polar surface area (TPSA) is 80.0 Å². The van der Waals surface area contributed by atoms with E-state index in [9.17, 15) is 14.7 Å². The third-order valence-electron chi connectivity index (χ3n) is 12.8. The molecule has 6 fully saturated rings. The number of esters is 1. The molecule has 0 bridgehead atoms. The van der Waals surface area contributed by atoms with Gasteiger partial charge in [0, 0.05) is 31.5 Å². The normalized spacial score (nSPS) is 50.3. The molecule has 6 heteroatoms. The zero-order valence-corrected chi connectivity index (χ0v) is 23.3. The summed E-state index contributed by atoms with van der Waals surface area (Å²) < 4.78 is 11.0. The Morgan fingerprint density at radius 3 is 2.66 bits per heavy atom. The van der Waals surface area contributed by atoms with E-state index in [4.69, 9.17) is 9.15 Å². The molecule has 12 atom stereocenters. The maximum absolute atomic E-state index is 13.7. The first-order valence-corrected chi connectivity index (χ1v) is 15.4. The summed E-state index contributed by atoms with van der Waals surface area (Å²) in [5, 5.41) is 11.9. The first-order chi connectivity index (χ1) is 18.2. The molecule has 1 aromatic rings. The molecular weight excluding hydrogens is 478 g/mol. The Balaban J connectivity index is 1.11. The second kappa shape index (κ2) is 8.92. The first-order valence-electron chi connectivity index (χ1n) is 15.4. The van der Waals surface area contributed by atoms with Gasteiger partial charge < -0.3 is 14.3 Å². The van der Waals surface area contributed by atoms with E-state index in [1.54, 1.807) is 12.1 Å². The summed E-state index contributed by atoms with van der Waals surface area (Å²) in [4.78, 5) is 28.9. The van der Waals surface area contributed by atoms with Crippen molar-refractivity contribution in [1.82, 2.24) is 4.90 Å². The quantitative estimate of drug-likeness (QED) is 0.527. The molecule has 0 radical (unpaired) electrons. The molecule has 0 amide bonds. The minimum absolute atomic E-state index is 0.0141. The molecule has 3 heterocycles. The van der Waals surface area contributed by atoms with Crippen LogP contribution in [0.5, 0.6) is 0 Å². The number of furan rings is 1. The maximum Gasteiger partial charge on any atom is 0.374 e. The first kappa shape index (κ1) is 25.3. The summed E-state index contributed by atoms with van der Waals surface area (Å²) in [6, 6.07) is 3.64. The van der Waals surface area contributed by atoms with Crippen LogP contribution in [-0.2, 0) is 9.53 Å². The highest BCUT2D eigenvalue weighted by atomic mass is 16.6. The average molecular weight is 524 g/mol. The predicted octanol–water partition coefficient (Wildman–Crippen LogP) is 5.34. The van der Waals surface area contributed by atoms with Crippen molar-refractivity contribution >= 4 is 11.8 Å². The smallest absolute Gasteiger partial charge is 0.374 e. The van der Waals surface area contributed by atoms with E-state index < -0.39 is 11.6 Å². The molecule has 2 aliphatic heterocycles. The van der Waals surface area contributed by atoms with E-state index in [2.05, 4.69) is 25.7 Å². The standard InChI is InChI=1S/C32H45NO5/c1-18-6-9-29-32(3,36)24-8-7-20-21(23(24)17-33(29)16-18)14-25-22(20)15-27(34)26-13-19(10-11-31(25,26)2)38-30(35)28-5-4-12-37-28/h4-5,12,18-26,29,36H,6-11,13-17H2,1-3H3/t18-,19+,20+,21-,22-,23+,24-,25-,26+,29-,31-,32+/m1/s1. The number of ether oxygens (including phenoxy) is 1. The largest absolute Gasteiger partial charge is 0.457 e. The minimum Gasteiger partial charge on any atom is -0.457 e. The highest BCUT2D eigenvalue weighted by Gasteiger charge is 2.64. The second-order valence-corrected chi connectivity index (χ2v) is 14.6.